The highest BCUT2D eigenvalue weighted by atomic mass is 35.5. The van der Waals surface area contributed by atoms with Gasteiger partial charge in [0.05, 0.1) is 4.92 Å². The first-order chi connectivity index (χ1) is 9.47. The third-order valence-corrected chi connectivity index (χ3v) is 4.02. The van der Waals surface area contributed by atoms with E-state index in [1.807, 2.05) is 0 Å². The van der Waals surface area contributed by atoms with Crippen molar-refractivity contribution < 1.29 is 9.72 Å². The minimum Gasteiger partial charge on any atom is -0.349 e. The van der Waals surface area contributed by atoms with E-state index >= 15 is 0 Å². The Balaban J connectivity index is 2.12. The lowest BCUT2D eigenvalue weighted by Gasteiger charge is -2.25. The monoisotopic (exact) mass is 296 g/mol. The summed E-state index contributed by atoms with van der Waals surface area (Å²) in [6.07, 6.45) is 3.36. The largest absolute Gasteiger partial charge is 0.349 e. The molecule has 1 N–H and O–H groups in total. The molecule has 108 valence electrons. The van der Waals surface area contributed by atoms with Crippen LogP contribution in [0.2, 0.25) is 0 Å². The van der Waals surface area contributed by atoms with Gasteiger partial charge in [0, 0.05) is 17.5 Å². The Labute approximate surface area is 122 Å². The molecule has 1 aliphatic carbocycles. The van der Waals surface area contributed by atoms with Gasteiger partial charge in [0.2, 0.25) is 0 Å². The predicted molar refractivity (Wildman–Crippen MR) is 77.2 cm³/mol. The molecule has 0 spiro atoms. The number of rotatable bonds is 3. The Kier molecular flexibility index (Phi) is 4.60. The standard InChI is InChI=1S/C14H17ClN2O3/c1-9-2-7-13(17(19)20)12(8-9)14(18)16-11-5-3-10(15)4-6-11/h2,7-8,10-11H,3-6H2,1H3,(H,16,18). The van der Waals surface area contributed by atoms with E-state index in [2.05, 4.69) is 5.32 Å². The summed E-state index contributed by atoms with van der Waals surface area (Å²) in [5.41, 5.74) is 0.798. The van der Waals surface area contributed by atoms with E-state index in [9.17, 15) is 14.9 Å². The van der Waals surface area contributed by atoms with Gasteiger partial charge in [-0.3, -0.25) is 14.9 Å². The van der Waals surface area contributed by atoms with Crippen molar-refractivity contribution in [2.75, 3.05) is 0 Å². The molecule has 0 radical (unpaired) electrons. The van der Waals surface area contributed by atoms with Gasteiger partial charge in [0.15, 0.2) is 0 Å². The number of aryl methyl sites for hydroxylation is 1. The molecule has 0 unspecified atom stereocenters. The summed E-state index contributed by atoms with van der Waals surface area (Å²) < 4.78 is 0. The van der Waals surface area contributed by atoms with Crippen molar-refractivity contribution >= 4 is 23.2 Å². The van der Waals surface area contributed by atoms with Crippen molar-refractivity contribution in [2.24, 2.45) is 0 Å². The summed E-state index contributed by atoms with van der Waals surface area (Å²) in [5.74, 6) is -0.376. The molecule has 1 aromatic carbocycles. The number of alkyl halides is 1. The Hall–Kier alpha value is -1.62. The Morgan fingerprint density at radius 1 is 1.35 bits per heavy atom. The van der Waals surface area contributed by atoms with Crippen LogP contribution in [0.15, 0.2) is 18.2 Å². The van der Waals surface area contributed by atoms with E-state index in [4.69, 9.17) is 11.6 Å². The number of carbonyl (C=O) groups excluding carboxylic acids is 1. The Morgan fingerprint density at radius 3 is 2.60 bits per heavy atom. The zero-order valence-electron chi connectivity index (χ0n) is 11.3. The van der Waals surface area contributed by atoms with Crippen molar-refractivity contribution in [2.45, 2.75) is 44.0 Å². The molecule has 0 saturated heterocycles. The summed E-state index contributed by atoms with van der Waals surface area (Å²) in [4.78, 5) is 22.7. The number of halogens is 1. The van der Waals surface area contributed by atoms with Gasteiger partial charge >= 0.3 is 0 Å². The van der Waals surface area contributed by atoms with Gasteiger partial charge in [-0.15, -0.1) is 11.6 Å². The van der Waals surface area contributed by atoms with E-state index in [0.717, 1.165) is 31.2 Å². The molecule has 1 saturated carbocycles. The Bertz CT molecular complexity index is 525. The topological polar surface area (TPSA) is 72.2 Å². The third kappa shape index (κ3) is 3.48. The van der Waals surface area contributed by atoms with Gasteiger partial charge < -0.3 is 5.32 Å². The van der Waals surface area contributed by atoms with Gasteiger partial charge in [0.1, 0.15) is 5.56 Å². The first-order valence-electron chi connectivity index (χ1n) is 6.67. The number of nitrogens with zero attached hydrogens (tertiary/aromatic N) is 1. The van der Waals surface area contributed by atoms with Gasteiger partial charge in [0.25, 0.3) is 11.6 Å². The van der Waals surface area contributed by atoms with Crippen LogP contribution in [0.1, 0.15) is 41.6 Å². The van der Waals surface area contributed by atoms with Crippen LogP contribution in [-0.4, -0.2) is 22.2 Å². The smallest absolute Gasteiger partial charge is 0.282 e. The second-order valence-corrected chi connectivity index (χ2v) is 5.82. The number of benzene rings is 1. The van der Waals surface area contributed by atoms with E-state index in [1.54, 1.807) is 19.1 Å². The van der Waals surface area contributed by atoms with E-state index in [0.29, 0.717) is 0 Å². The lowest BCUT2D eigenvalue weighted by Crippen LogP contribution is -2.38. The van der Waals surface area contributed by atoms with Gasteiger partial charge in [-0.25, -0.2) is 0 Å². The fraction of sp³-hybridized carbons (Fsp3) is 0.500. The minimum atomic E-state index is -0.524. The average molecular weight is 297 g/mol. The van der Waals surface area contributed by atoms with Crippen LogP contribution in [0.25, 0.3) is 0 Å². The first kappa shape index (κ1) is 14.8. The third-order valence-electron chi connectivity index (χ3n) is 3.59. The lowest BCUT2D eigenvalue weighted by molar-refractivity contribution is -0.385. The van der Waals surface area contributed by atoms with Crippen LogP contribution in [0.3, 0.4) is 0 Å². The lowest BCUT2D eigenvalue weighted by atomic mass is 9.94. The minimum absolute atomic E-state index is 0.0533. The molecule has 1 aromatic rings. The molecule has 1 fully saturated rings. The van der Waals surface area contributed by atoms with Crippen molar-refractivity contribution in [3.05, 3.63) is 39.4 Å². The molecule has 5 nitrogen and oxygen atoms in total. The number of amides is 1. The van der Waals surface area contributed by atoms with Crippen LogP contribution in [0.4, 0.5) is 5.69 Å². The molecule has 1 amide bonds. The zero-order chi connectivity index (χ0) is 14.7. The molecule has 0 atom stereocenters. The fourth-order valence-corrected chi connectivity index (χ4v) is 2.70. The van der Waals surface area contributed by atoms with Crippen molar-refractivity contribution in [3.63, 3.8) is 0 Å². The SMILES string of the molecule is Cc1ccc([N+](=O)[O-])c(C(=O)NC2CCC(Cl)CC2)c1. The van der Waals surface area contributed by atoms with Crippen molar-refractivity contribution in [3.8, 4) is 0 Å². The summed E-state index contributed by atoms with van der Waals surface area (Å²) >= 11 is 6.02. The summed E-state index contributed by atoms with van der Waals surface area (Å²) in [7, 11) is 0. The number of hydrogen-bond acceptors (Lipinski definition) is 3. The molecule has 6 heteroatoms. The van der Waals surface area contributed by atoms with Crippen LogP contribution >= 0.6 is 11.6 Å². The van der Waals surface area contributed by atoms with Crippen LogP contribution in [-0.2, 0) is 0 Å². The molecule has 0 aliphatic heterocycles. The second kappa shape index (κ2) is 6.22. The number of hydrogen-bond donors (Lipinski definition) is 1. The van der Waals surface area contributed by atoms with Gasteiger partial charge in [-0.1, -0.05) is 6.07 Å². The molecule has 2 rings (SSSR count). The molecule has 1 aliphatic rings. The second-order valence-electron chi connectivity index (χ2n) is 5.20. The quantitative estimate of drug-likeness (QED) is 0.529. The van der Waals surface area contributed by atoms with Gasteiger partial charge in [-0.05, 0) is 44.2 Å². The van der Waals surface area contributed by atoms with Gasteiger partial charge in [-0.2, -0.15) is 0 Å². The molecule has 0 aromatic heterocycles. The highest BCUT2D eigenvalue weighted by Gasteiger charge is 2.25. The molecular formula is C14H17ClN2O3. The maximum absolute atomic E-state index is 12.2. The highest BCUT2D eigenvalue weighted by molar-refractivity contribution is 6.20. The number of nitro groups is 1. The number of carbonyl (C=O) groups is 1. The zero-order valence-corrected chi connectivity index (χ0v) is 12.0. The predicted octanol–water partition coefficient (Wildman–Crippen LogP) is 3.18. The van der Waals surface area contributed by atoms with E-state index in [1.165, 1.54) is 6.07 Å². The Morgan fingerprint density at radius 2 is 2.00 bits per heavy atom. The van der Waals surface area contributed by atoms with E-state index in [-0.39, 0.29) is 28.6 Å². The van der Waals surface area contributed by atoms with Crippen LogP contribution in [0, 0.1) is 17.0 Å². The fourth-order valence-electron chi connectivity index (χ4n) is 2.45. The summed E-state index contributed by atoms with van der Waals surface area (Å²) in [6, 6.07) is 4.62. The van der Waals surface area contributed by atoms with E-state index < -0.39 is 4.92 Å². The molecular weight excluding hydrogens is 280 g/mol. The first-order valence-corrected chi connectivity index (χ1v) is 7.11. The van der Waals surface area contributed by atoms with Crippen molar-refractivity contribution in [1.82, 2.24) is 5.32 Å². The van der Waals surface area contributed by atoms with Crippen LogP contribution in [0.5, 0.6) is 0 Å². The maximum Gasteiger partial charge on any atom is 0.282 e. The maximum atomic E-state index is 12.2. The normalized spacial score (nSPS) is 22.3. The average Bonchev–Trinajstić information content (AvgIpc) is 2.41. The number of nitro benzene ring substituents is 1. The van der Waals surface area contributed by atoms with Crippen molar-refractivity contribution in [1.29, 1.82) is 0 Å². The molecule has 20 heavy (non-hydrogen) atoms. The van der Waals surface area contributed by atoms with Crippen LogP contribution < -0.4 is 5.32 Å². The molecule has 0 heterocycles. The summed E-state index contributed by atoms with van der Waals surface area (Å²) in [6.45, 7) is 1.80. The summed E-state index contributed by atoms with van der Waals surface area (Å²) in [5, 5.41) is 14.0. The molecule has 0 bridgehead atoms. The highest BCUT2D eigenvalue weighted by Crippen LogP contribution is 2.24. The number of nitrogens with one attached hydrogen (secondary N) is 1.